The number of nitrogens with zero attached hydrogens (tertiary/aromatic N) is 3. The van der Waals surface area contributed by atoms with Crippen LogP contribution in [-0.4, -0.2) is 39.6 Å². The quantitative estimate of drug-likeness (QED) is 0.468. The summed E-state index contributed by atoms with van der Waals surface area (Å²) in [5, 5.41) is 6.89. The summed E-state index contributed by atoms with van der Waals surface area (Å²) in [6.07, 6.45) is 5.55. The summed E-state index contributed by atoms with van der Waals surface area (Å²) in [4.78, 5) is 24.2. The van der Waals surface area contributed by atoms with Crippen LogP contribution < -0.4 is 5.32 Å². The zero-order valence-electron chi connectivity index (χ0n) is 15.8. The Balaban J connectivity index is 1.23. The van der Waals surface area contributed by atoms with Crippen molar-refractivity contribution in [3.63, 3.8) is 0 Å². The highest BCUT2D eigenvalue weighted by Crippen LogP contribution is 2.27. The zero-order valence-corrected chi connectivity index (χ0v) is 17.4. The number of benzene rings is 1. The van der Waals surface area contributed by atoms with Gasteiger partial charge in [-0.2, -0.15) is 0 Å². The van der Waals surface area contributed by atoms with Gasteiger partial charge in [-0.3, -0.25) is 9.69 Å². The van der Waals surface area contributed by atoms with Crippen molar-refractivity contribution < 1.29 is 4.79 Å². The van der Waals surface area contributed by atoms with Gasteiger partial charge in [0, 0.05) is 18.5 Å². The van der Waals surface area contributed by atoms with Gasteiger partial charge >= 0.3 is 0 Å². The van der Waals surface area contributed by atoms with Crippen LogP contribution in [-0.2, 0) is 17.9 Å². The van der Waals surface area contributed by atoms with Crippen molar-refractivity contribution in [1.82, 2.24) is 20.2 Å². The van der Waals surface area contributed by atoms with Gasteiger partial charge in [0.1, 0.15) is 16.2 Å². The number of amides is 1. The molecule has 28 heavy (non-hydrogen) atoms. The lowest BCUT2D eigenvalue weighted by atomic mass is 10.1. The van der Waals surface area contributed by atoms with Crippen molar-refractivity contribution in [2.24, 2.45) is 0 Å². The second-order valence-electron chi connectivity index (χ2n) is 7.04. The molecular weight excluding hydrogens is 388 g/mol. The van der Waals surface area contributed by atoms with E-state index < -0.39 is 0 Å². The number of likely N-dealkylation sites (tertiary alicyclic amines) is 1. The topological polar surface area (TPSA) is 58.1 Å². The summed E-state index contributed by atoms with van der Waals surface area (Å²) in [5.74, 6) is 0.374. The Labute approximate surface area is 173 Å². The first-order chi connectivity index (χ1) is 13.8. The molecule has 146 valence electrons. The van der Waals surface area contributed by atoms with Crippen molar-refractivity contribution in [1.29, 1.82) is 0 Å². The summed E-state index contributed by atoms with van der Waals surface area (Å²) >= 11 is 3.04. The molecule has 1 amide bonds. The standard InChI is InChI=1S/C21H24N4OS2/c26-19(14-28-21-18-8-11-27-20(18)23-15-24-21)22-12-16-4-6-17(7-5-16)13-25-9-2-1-3-10-25/h4-8,11,15H,1-3,9-10,12-14H2,(H,22,26). The van der Waals surface area contributed by atoms with E-state index in [0.717, 1.165) is 27.4 Å². The van der Waals surface area contributed by atoms with Gasteiger partial charge in [-0.25, -0.2) is 9.97 Å². The van der Waals surface area contributed by atoms with E-state index in [0.29, 0.717) is 12.3 Å². The number of aromatic nitrogens is 2. The molecule has 0 bridgehead atoms. The Bertz CT molecular complexity index is 920. The van der Waals surface area contributed by atoms with Crippen LogP contribution in [0.5, 0.6) is 0 Å². The molecule has 1 fully saturated rings. The largest absolute Gasteiger partial charge is 0.351 e. The Morgan fingerprint density at radius 3 is 2.68 bits per heavy atom. The monoisotopic (exact) mass is 412 g/mol. The molecule has 1 aromatic carbocycles. The minimum absolute atomic E-state index is 0.0179. The molecule has 1 aliphatic rings. The molecule has 1 saturated heterocycles. The first-order valence-electron chi connectivity index (χ1n) is 9.66. The van der Waals surface area contributed by atoms with Crippen LogP contribution >= 0.6 is 23.1 Å². The van der Waals surface area contributed by atoms with E-state index in [4.69, 9.17) is 0 Å². The van der Waals surface area contributed by atoms with Gasteiger partial charge in [-0.15, -0.1) is 11.3 Å². The normalized spacial score (nSPS) is 15.0. The van der Waals surface area contributed by atoms with Crippen molar-refractivity contribution in [3.05, 3.63) is 53.2 Å². The molecule has 7 heteroatoms. The minimum Gasteiger partial charge on any atom is -0.351 e. The number of carbonyl (C=O) groups excluding carboxylic acids is 1. The summed E-state index contributed by atoms with van der Waals surface area (Å²) in [7, 11) is 0. The average Bonchev–Trinajstić information content (AvgIpc) is 3.22. The van der Waals surface area contributed by atoms with Crippen LogP contribution in [0.25, 0.3) is 10.2 Å². The maximum absolute atomic E-state index is 12.2. The van der Waals surface area contributed by atoms with Crippen molar-refractivity contribution >= 4 is 39.2 Å². The van der Waals surface area contributed by atoms with E-state index in [1.54, 1.807) is 17.7 Å². The SMILES string of the molecule is O=C(CSc1ncnc2sccc12)NCc1ccc(CN2CCCCC2)cc1. The van der Waals surface area contributed by atoms with Crippen LogP contribution in [0.15, 0.2) is 47.1 Å². The molecule has 5 nitrogen and oxygen atoms in total. The van der Waals surface area contributed by atoms with Crippen LogP contribution in [0.3, 0.4) is 0 Å². The molecule has 3 heterocycles. The second-order valence-corrected chi connectivity index (χ2v) is 8.90. The van der Waals surface area contributed by atoms with Gasteiger partial charge in [0.25, 0.3) is 0 Å². The van der Waals surface area contributed by atoms with Gasteiger partial charge in [0.05, 0.1) is 5.75 Å². The second kappa shape index (κ2) is 9.49. The fourth-order valence-electron chi connectivity index (χ4n) is 3.41. The van der Waals surface area contributed by atoms with Crippen molar-refractivity contribution in [3.8, 4) is 0 Å². The molecule has 1 N–H and O–H groups in total. The minimum atomic E-state index is 0.0179. The van der Waals surface area contributed by atoms with Crippen LogP contribution in [0.4, 0.5) is 0 Å². The third kappa shape index (κ3) is 5.10. The lowest BCUT2D eigenvalue weighted by Gasteiger charge is -2.26. The molecule has 1 aliphatic heterocycles. The van der Waals surface area contributed by atoms with Crippen LogP contribution in [0.2, 0.25) is 0 Å². The van der Waals surface area contributed by atoms with Crippen molar-refractivity contribution in [2.75, 3.05) is 18.8 Å². The smallest absolute Gasteiger partial charge is 0.230 e. The number of thiophene rings is 1. The molecule has 4 rings (SSSR count). The van der Waals surface area contributed by atoms with Gasteiger partial charge in [-0.1, -0.05) is 42.4 Å². The van der Waals surface area contributed by atoms with Gasteiger partial charge < -0.3 is 5.32 Å². The number of thioether (sulfide) groups is 1. The summed E-state index contributed by atoms with van der Waals surface area (Å²) in [6.45, 7) is 4.00. The maximum Gasteiger partial charge on any atom is 0.230 e. The van der Waals surface area contributed by atoms with Gasteiger partial charge in [0.2, 0.25) is 5.91 Å². The third-order valence-corrected chi connectivity index (χ3v) is 6.76. The Hall–Kier alpha value is -1.96. The van der Waals surface area contributed by atoms with E-state index in [1.165, 1.54) is 49.7 Å². The number of carbonyl (C=O) groups is 1. The molecule has 2 aromatic heterocycles. The Morgan fingerprint density at radius 2 is 1.86 bits per heavy atom. The third-order valence-electron chi connectivity index (χ3n) is 4.93. The first kappa shape index (κ1) is 19.4. The highest BCUT2D eigenvalue weighted by Gasteiger charge is 2.11. The number of fused-ring (bicyclic) bond motifs is 1. The summed E-state index contributed by atoms with van der Waals surface area (Å²) in [5.41, 5.74) is 2.47. The zero-order chi connectivity index (χ0) is 19.2. The van der Waals surface area contributed by atoms with Gasteiger partial charge in [0.15, 0.2) is 0 Å². The molecule has 0 radical (unpaired) electrons. The fraction of sp³-hybridized carbons (Fsp3) is 0.381. The van der Waals surface area contributed by atoms with Crippen molar-refractivity contribution in [2.45, 2.75) is 37.4 Å². The summed E-state index contributed by atoms with van der Waals surface area (Å²) < 4.78 is 0. The molecule has 3 aromatic rings. The van der Waals surface area contributed by atoms with Gasteiger partial charge in [-0.05, 0) is 48.5 Å². The highest BCUT2D eigenvalue weighted by atomic mass is 32.2. The van der Waals surface area contributed by atoms with Crippen LogP contribution in [0.1, 0.15) is 30.4 Å². The molecule has 0 spiro atoms. The van der Waals surface area contributed by atoms with E-state index in [1.807, 2.05) is 11.4 Å². The molecular formula is C21H24N4OS2. The van der Waals surface area contributed by atoms with E-state index in [2.05, 4.69) is 44.5 Å². The number of piperidine rings is 1. The molecule has 0 saturated carbocycles. The maximum atomic E-state index is 12.2. The Morgan fingerprint density at radius 1 is 1.07 bits per heavy atom. The predicted octanol–water partition coefficient (Wildman–Crippen LogP) is 4.09. The van der Waals surface area contributed by atoms with Crippen LogP contribution in [0, 0.1) is 0 Å². The number of hydrogen-bond acceptors (Lipinski definition) is 6. The summed E-state index contributed by atoms with van der Waals surface area (Å²) in [6, 6.07) is 10.6. The molecule has 0 aliphatic carbocycles. The van der Waals surface area contributed by atoms with E-state index >= 15 is 0 Å². The van der Waals surface area contributed by atoms with E-state index in [-0.39, 0.29) is 5.91 Å². The Kier molecular flexibility index (Phi) is 6.57. The van der Waals surface area contributed by atoms with E-state index in [9.17, 15) is 4.79 Å². The predicted molar refractivity (Wildman–Crippen MR) is 116 cm³/mol. The lowest BCUT2D eigenvalue weighted by Crippen LogP contribution is -2.29. The first-order valence-corrected chi connectivity index (χ1v) is 11.5. The number of nitrogens with one attached hydrogen (secondary N) is 1. The fourth-order valence-corrected chi connectivity index (χ4v) is 5.02. The number of hydrogen-bond donors (Lipinski definition) is 1. The lowest BCUT2D eigenvalue weighted by molar-refractivity contribution is -0.118. The average molecular weight is 413 g/mol. The number of rotatable bonds is 7. The molecule has 0 atom stereocenters. The molecule has 0 unspecified atom stereocenters. The highest BCUT2D eigenvalue weighted by molar-refractivity contribution is 8.00.